The van der Waals surface area contributed by atoms with Crippen molar-refractivity contribution >= 4 is 29.1 Å². The quantitative estimate of drug-likeness (QED) is 0.799. The molecular weight excluding hydrogens is 254 g/mol. The molecule has 0 spiro atoms. The monoisotopic (exact) mass is 265 g/mol. The predicted molar refractivity (Wildman–Crippen MR) is 67.1 cm³/mol. The molecule has 0 saturated carbocycles. The van der Waals surface area contributed by atoms with Crippen LogP contribution in [0.25, 0.3) is 0 Å². The number of carbonyl (C=O) groups excluding carboxylic acids is 2. The Kier molecular flexibility index (Phi) is 3.47. The highest BCUT2D eigenvalue weighted by atomic mass is 32.1. The van der Waals surface area contributed by atoms with Crippen molar-refractivity contribution in [3.63, 3.8) is 0 Å². The van der Waals surface area contributed by atoms with E-state index in [4.69, 9.17) is 4.42 Å². The first kappa shape index (κ1) is 12.4. The van der Waals surface area contributed by atoms with Gasteiger partial charge in [0.25, 0.3) is 5.91 Å². The molecule has 0 N–H and O–H groups in total. The summed E-state index contributed by atoms with van der Waals surface area (Å²) in [6.07, 6.45) is 1.49. The lowest BCUT2D eigenvalue weighted by atomic mass is 10.4. The van der Waals surface area contributed by atoms with Crippen LogP contribution in [0, 0.1) is 0 Å². The molecule has 0 aliphatic carbocycles. The van der Waals surface area contributed by atoms with Gasteiger partial charge < -0.3 is 9.15 Å². The van der Waals surface area contributed by atoms with Gasteiger partial charge in [0, 0.05) is 13.1 Å². The van der Waals surface area contributed by atoms with Gasteiger partial charge in [-0.1, -0.05) is 0 Å². The topological polar surface area (TPSA) is 59.8 Å². The van der Waals surface area contributed by atoms with Crippen LogP contribution < -0.4 is 4.90 Å². The van der Waals surface area contributed by atoms with Gasteiger partial charge in [-0.25, -0.2) is 4.79 Å². The Labute approximate surface area is 108 Å². The second-order valence-corrected chi connectivity index (χ2v) is 4.55. The fraction of sp³-hybridized carbons (Fsp3) is 0.167. The normalized spacial score (nSPS) is 10.1. The Bertz CT molecular complexity index is 558. The zero-order chi connectivity index (χ0) is 13.1. The Balaban J connectivity index is 2.19. The molecule has 0 aliphatic rings. The number of anilines is 1. The maximum Gasteiger partial charge on any atom is 0.348 e. The van der Waals surface area contributed by atoms with E-state index in [0.717, 1.165) is 11.3 Å². The number of thiophene rings is 1. The van der Waals surface area contributed by atoms with Gasteiger partial charge in [0.1, 0.15) is 4.88 Å². The van der Waals surface area contributed by atoms with Crippen LogP contribution >= 0.6 is 11.3 Å². The molecule has 0 unspecified atom stereocenters. The van der Waals surface area contributed by atoms with Crippen molar-refractivity contribution in [1.82, 2.24) is 0 Å². The number of hydrogen-bond donors (Lipinski definition) is 0. The SMILES string of the molecule is COC(=O)c1ccc(C(=O)N(C)c2ccco2)s1. The van der Waals surface area contributed by atoms with E-state index in [9.17, 15) is 9.59 Å². The molecule has 94 valence electrons. The zero-order valence-electron chi connectivity index (χ0n) is 9.88. The van der Waals surface area contributed by atoms with Crippen LogP contribution in [-0.2, 0) is 4.74 Å². The first-order valence-corrected chi connectivity index (χ1v) is 5.95. The maximum atomic E-state index is 12.1. The van der Waals surface area contributed by atoms with Crippen molar-refractivity contribution in [1.29, 1.82) is 0 Å². The van der Waals surface area contributed by atoms with Crippen molar-refractivity contribution in [2.75, 3.05) is 19.1 Å². The number of hydrogen-bond acceptors (Lipinski definition) is 5. The van der Waals surface area contributed by atoms with Gasteiger partial charge in [-0.05, 0) is 18.2 Å². The van der Waals surface area contributed by atoms with Crippen molar-refractivity contribution in [3.05, 3.63) is 40.3 Å². The summed E-state index contributed by atoms with van der Waals surface area (Å²) in [5.41, 5.74) is 0. The maximum absolute atomic E-state index is 12.1. The molecule has 6 heteroatoms. The highest BCUT2D eigenvalue weighted by molar-refractivity contribution is 7.16. The molecule has 2 rings (SSSR count). The summed E-state index contributed by atoms with van der Waals surface area (Å²) in [5.74, 6) is -0.224. The Morgan fingerprint density at radius 3 is 2.61 bits per heavy atom. The van der Waals surface area contributed by atoms with E-state index < -0.39 is 5.97 Å². The third-order valence-corrected chi connectivity index (χ3v) is 3.40. The summed E-state index contributed by atoms with van der Waals surface area (Å²) < 4.78 is 9.72. The van der Waals surface area contributed by atoms with Crippen LogP contribution in [0.2, 0.25) is 0 Å². The van der Waals surface area contributed by atoms with Crippen LogP contribution in [0.3, 0.4) is 0 Å². The van der Waals surface area contributed by atoms with Gasteiger partial charge in [-0.15, -0.1) is 11.3 Å². The summed E-state index contributed by atoms with van der Waals surface area (Å²) in [5, 5.41) is 0. The van der Waals surface area contributed by atoms with E-state index in [2.05, 4.69) is 4.74 Å². The third kappa shape index (κ3) is 2.28. The number of amides is 1. The van der Waals surface area contributed by atoms with Crippen LogP contribution in [0.15, 0.2) is 34.9 Å². The molecule has 2 aromatic rings. The molecule has 0 fully saturated rings. The van der Waals surface area contributed by atoms with E-state index in [1.807, 2.05) is 0 Å². The number of methoxy groups -OCH3 is 1. The highest BCUT2D eigenvalue weighted by Gasteiger charge is 2.19. The summed E-state index contributed by atoms with van der Waals surface area (Å²) in [6, 6.07) is 6.55. The molecule has 5 nitrogen and oxygen atoms in total. The van der Waals surface area contributed by atoms with Crippen molar-refractivity contribution in [2.24, 2.45) is 0 Å². The van der Waals surface area contributed by atoms with Crippen LogP contribution in [0.1, 0.15) is 19.3 Å². The summed E-state index contributed by atoms with van der Waals surface area (Å²) >= 11 is 1.09. The third-order valence-electron chi connectivity index (χ3n) is 2.34. The van der Waals surface area contributed by atoms with Gasteiger partial charge in [-0.2, -0.15) is 0 Å². The smallest absolute Gasteiger partial charge is 0.348 e. The molecule has 0 atom stereocenters. The molecule has 1 amide bonds. The summed E-state index contributed by atoms with van der Waals surface area (Å²) in [7, 11) is 2.91. The molecule has 0 aliphatic heterocycles. The van der Waals surface area contributed by atoms with Crippen molar-refractivity contribution in [3.8, 4) is 0 Å². The second-order valence-electron chi connectivity index (χ2n) is 3.47. The number of ether oxygens (including phenoxy) is 1. The number of nitrogens with zero attached hydrogens (tertiary/aromatic N) is 1. The number of rotatable bonds is 3. The van der Waals surface area contributed by atoms with Gasteiger partial charge in [0.2, 0.25) is 5.88 Å². The Morgan fingerprint density at radius 2 is 2.00 bits per heavy atom. The Hall–Kier alpha value is -2.08. The molecule has 0 aromatic carbocycles. The average molecular weight is 265 g/mol. The van der Waals surface area contributed by atoms with E-state index in [-0.39, 0.29) is 5.91 Å². The highest BCUT2D eigenvalue weighted by Crippen LogP contribution is 2.22. The first-order valence-electron chi connectivity index (χ1n) is 5.13. The largest absolute Gasteiger partial charge is 0.465 e. The molecule has 0 saturated heterocycles. The minimum Gasteiger partial charge on any atom is -0.465 e. The van der Waals surface area contributed by atoms with Gasteiger partial charge >= 0.3 is 5.97 Å². The van der Waals surface area contributed by atoms with E-state index in [0.29, 0.717) is 15.6 Å². The van der Waals surface area contributed by atoms with Crippen molar-refractivity contribution < 1.29 is 18.7 Å². The zero-order valence-corrected chi connectivity index (χ0v) is 10.7. The molecule has 2 aromatic heterocycles. The molecule has 18 heavy (non-hydrogen) atoms. The van der Waals surface area contributed by atoms with E-state index in [1.165, 1.54) is 18.3 Å². The van der Waals surface area contributed by atoms with E-state index in [1.54, 1.807) is 31.3 Å². The number of carbonyl (C=O) groups is 2. The summed E-state index contributed by atoms with van der Waals surface area (Å²) in [6.45, 7) is 0. The fourth-order valence-electron chi connectivity index (χ4n) is 1.39. The average Bonchev–Trinajstić information content (AvgIpc) is 3.06. The van der Waals surface area contributed by atoms with Crippen LogP contribution in [0.4, 0.5) is 5.88 Å². The summed E-state index contributed by atoms with van der Waals surface area (Å²) in [4.78, 5) is 25.6. The lowest BCUT2D eigenvalue weighted by molar-refractivity contribution is 0.0606. The van der Waals surface area contributed by atoms with Gasteiger partial charge in [0.15, 0.2) is 0 Å². The molecule has 2 heterocycles. The Morgan fingerprint density at radius 1 is 1.28 bits per heavy atom. The van der Waals surface area contributed by atoms with Gasteiger partial charge in [-0.3, -0.25) is 9.69 Å². The van der Waals surface area contributed by atoms with Crippen LogP contribution in [0.5, 0.6) is 0 Å². The number of esters is 1. The predicted octanol–water partition coefficient (Wildman–Crippen LogP) is 2.40. The number of furan rings is 1. The van der Waals surface area contributed by atoms with Gasteiger partial charge in [0.05, 0.1) is 18.3 Å². The molecule has 0 bridgehead atoms. The standard InChI is InChI=1S/C12H11NO4S/c1-13(10-4-3-7-17-10)11(14)8-5-6-9(18-8)12(15)16-2/h3-7H,1-2H3. The minimum atomic E-state index is -0.445. The molecule has 0 radical (unpaired) electrons. The molecular formula is C12H11NO4S. The van der Waals surface area contributed by atoms with Crippen molar-refractivity contribution in [2.45, 2.75) is 0 Å². The van der Waals surface area contributed by atoms with Crippen LogP contribution in [-0.4, -0.2) is 26.0 Å². The van der Waals surface area contributed by atoms with E-state index >= 15 is 0 Å². The first-order chi connectivity index (χ1) is 8.63. The lowest BCUT2D eigenvalue weighted by Gasteiger charge is -2.11. The minimum absolute atomic E-state index is 0.231. The second kappa shape index (κ2) is 5.05. The lowest BCUT2D eigenvalue weighted by Crippen LogP contribution is -2.24. The fourth-order valence-corrected chi connectivity index (χ4v) is 2.29.